The van der Waals surface area contributed by atoms with Crippen LogP contribution in [0.4, 0.5) is 5.69 Å². The zero-order valence-electron chi connectivity index (χ0n) is 13.2. The van der Waals surface area contributed by atoms with Crippen molar-refractivity contribution in [2.45, 2.75) is 32.7 Å². The van der Waals surface area contributed by atoms with Crippen LogP contribution in [0, 0.1) is 5.92 Å². The summed E-state index contributed by atoms with van der Waals surface area (Å²) in [4.78, 5) is 2.46. The molecule has 1 fully saturated rings. The van der Waals surface area contributed by atoms with E-state index in [9.17, 15) is 0 Å². The van der Waals surface area contributed by atoms with E-state index in [0.717, 1.165) is 43.7 Å². The fraction of sp³-hybridized carbons (Fsp3) is 0.647. The first-order valence-corrected chi connectivity index (χ1v) is 8.36. The second kappa shape index (κ2) is 8.62. The third-order valence-corrected chi connectivity index (χ3v) is 4.68. The number of rotatable bonds is 7. The van der Waals surface area contributed by atoms with Crippen LogP contribution in [0.5, 0.6) is 0 Å². The van der Waals surface area contributed by atoms with Crippen LogP contribution in [-0.2, 0) is 11.3 Å². The minimum absolute atomic E-state index is 0.734. The van der Waals surface area contributed by atoms with E-state index in [4.69, 9.17) is 16.3 Å². The number of ether oxygens (including phenoxy) is 1. The molecule has 1 N–H and O–H groups in total. The third-order valence-electron chi connectivity index (χ3n) is 4.38. The lowest BCUT2D eigenvalue weighted by Crippen LogP contribution is -2.34. The van der Waals surface area contributed by atoms with Gasteiger partial charge in [0.1, 0.15) is 0 Å². The minimum atomic E-state index is 0.734. The average Bonchev–Trinajstić information content (AvgIpc) is 2.52. The van der Waals surface area contributed by atoms with E-state index in [1.807, 2.05) is 12.1 Å². The summed E-state index contributed by atoms with van der Waals surface area (Å²) in [6, 6.07) is 6.21. The van der Waals surface area contributed by atoms with E-state index in [-0.39, 0.29) is 0 Å². The van der Waals surface area contributed by atoms with Crippen molar-refractivity contribution in [3.63, 3.8) is 0 Å². The van der Waals surface area contributed by atoms with Crippen LogP contribution in [0.25, 0.3) is 0 Å². The van der Waals surface area contributed by atoms with Crippen LogP contribution in [0.1, 0.15) is 31.7 Å². The molecule has 21 heavy (non-hydrogen) atoms. The monoisotopic (exact) mass is 310 g/mol. The Labute approximate surface area is 133 Å². The molecule has 1 aliphatic rings. The summed E-state index contributed by atoms with van der Waals surface area (Å²) in [5, 5.41) is 4.29. The zero-order chi connectivity index (χ0) is 15.1. The molecule has 1 aromatic rings. The maximum atomic E-state index is 6.48. The van der Waals surface area contributed by atoms with Crippen LogP contribution < -0.4 is 10.2 Å². The molecular weight excluding hydrogens is 284 g/mol. The van der Waals surface area contributed by atoms with Gasteiger partial charge in [-0.15, -0.1) is 0 Å². The Morgan fingerprint density at radius 2 is 2.10 bits per heavy atom. The topological polar surface area (TPSA) is 24.5 Å². The lowest BCUT2D eigenvalue weighted by Gasteiger charge is -2.35. The molecule has 3 nitrogen and oxygen atoms in total. The Morgan fingerprint density at radius 3 is 2.76 bits per heavy atom. The Morgan fingerprint density at radius 1 is 1.33 bits per heavy atom. The highest BCUT2D eigenvalue weighted by Gasteiger charge is 2.21. The van der Waals surface area contributed by atoms with Crippen LogP contribution >= 0.6 is 11.6 Å². The van der Waals surface area contributed by atoms with Gasteiger partial charge < -0.3 is 15.0 Å². The van der Waals surface area contributed by atoms with Crippen molar-refractivity contribution >= 4 is 17.3 Å². The molecule has 118 valence electrons. The number of nitrogens with zero attached hydrogens (tertiary/aromatic N) is 1. The molecule has 0 bridgehead atoms. The number of benzene rings is 1. The second-order valence-corrected chi connectivity index (χ2v) is 6.16. The Bertz CT molecular complexity index is 431. The molecule has 0 spiro atoms. The Kier molecular flexibility index (Phi) is 6.81. The van der Waals surface area contributed by atoms with Gasteiger partial charge in [-0.05, 0) is 30.4 Å². The molecule has 2 rings (SSSR count). The van der Waals surface area contributed by atoms with Gasteiger partial charge in [-0.2, -0.15) is 0 Å². The summed E-state index contributed by atoms with van der Waals surface area (Å²) >= 11 is 6.48. The molecular formula is C17H27ClN2O. The smallest absolute Gasteiger partial charge is 0.0642 e. The molecule has 0 aromatic heterocycles. The van der Waals surface area contributed by atoms with Crippen molar-refractivity contribution in [3.8, 4) is 0 Å². The van der Waals surface area contributed by atoms with Crippen molar-refractivity contribution in [2.75, 3.05) is 38.3 Å². The lowest BCUT2D eigenvalue weighted by atomic mass is 9.93. The maximum absolute atomic E-state index is 6.48. The molecule has 4 heteroatoms. The highest BCUT2D eigenvalue weighted by molar-refractivity contribution is 6.33. The minimum Gasteiger partial charge on any atom is -0.383 e. The zero-order valence-corrected chi connectivity index (χ0v) is 14.0. The summed E-state index contributed by atoms with van der Waals surface area (Å²) in [6.45, 7) is 6.96. The normalized spacial score (nSPS) is 16.4. The van der Waals surface area contributed by atoms with Crippen LogP contribution in [-0.4, -0.2) is 33.4 Å². The first-order chi connectivity index (χ1) is 10.3. The number of hydrogen-bond donors (Lipinski definition) is 1. The predicted octanol–water partition coefficient (Wildman–Crippen LogP) is 3.70. The molecule has 1 aromatic carbocycles. The largest absolute Gasteiger partial charge is 0.383 e. The molecule has 1 aliphatic heterocycles. The quantitative estimate of drug-likeness (QED) is 0.777. The number of nitrogens with one attached hydrogen (secondary N) is 1. The molecule has 1 saturated heterocycles. The molecule has 0 aliphatic carbocycles. The van der Waals surface area contributed by atoms with Crippen molar-refractivity contribution in [3.05, 3.63) is 28.8 Å². The number of methoxy groups -OCH3 is 1. The average molecular weight is 311 g/mol. The molecule has 0 amide bonds. The first-order valence-electron chi connectivity index (χ1n) is 7.98. The lowest BCUT2D eigenvalue weighted by molar-refractivity contribution is 0.199. The second-order valence-electron chi connectivity index (χ2n) is 5.76. The van der Waals surface area contributed by atoms with Crippen molar-refractivity contribution in [2.24, 2.45) is 5.92 Å². The molecule has 1 heterocycles. The van der Waals surface area contributed by atoms with E-state index >= 15 is 0 Å². The van der Waals surface area contributed by atoms with E-state index in [0.29, 0.717) is 0 Å². The number of para-hydroxylation sites is 1. The number of anilines is 1. The van der Waals surface area contributed by atoms with Gasteiger partial charge in [0, 0.05) is 33.3 Å². The summed E-state index contributed by atoms with van der Waals surface area (Å²) in [6.07, 6.45) is 3.85. The van der Waals surface area contributed by atoms with Gasteiger partial charge in [-0.3, -0.25) is 0 Å². The SMILES string of the molecule is CCC1CCN(c2c(Cl)cccc2CNCCOC)CC1. The highest BCUT2D eigenvalue weighted by atomic mass is 35.5. The summed E-state index contributed by atoms with van der Waals surface area (Å²) < 4.78 is 5.08. The summed E-state index contributed by atoms with van der Waals surface area (Å²) in [5.41, 5.74) is 2.51. The van der Waals surface area contributed by atoms with E-state index in [1.54, 1.807) is 7.11 Å². The van der Waals surface area contributed by atoms with Gasteiger partial charge in [-0.1, -0.05) is 37.1 Å². The van der Waals surface area contributed by atoms with Gasteiger partial charge >= 0.3 is 0 Å². The van der Waals surface area contributed by atoms with Crippen LogP contribution in [0.3, 0.4) is 0 Å². The van der Waals surface area contributed by atoms with Gasteiger partial charge in [-0.25, -0.2) is 0 Å². The summed E-state index contributed by atoms with van der Waals surface area (Å²) in [5.74, 6) is 0.881. The standard InChI is InChI=1S/C17H27ClN2O/c1-3-14-7-10-20(11-8-14)17-15(5-4-6-16(17)18)13-19-9-12-21-2/h4-6,14,19H,3,7-13H2,1-2H3. The van der Waals surface area contributed by atoms with E-state index in [2.05, 4.69) is 23.2 Å². The van der Waals surface area contributed by atoms with Gasteiger partial charge in [0.2, 0.25) is 0 Å². The first kappa shape index (κ1) is 16.6. The number of halogens is 1. The number of hydrogen-bond acceptors (Lipinski definition) is 3. The fourth-order valence-electron chi connectivity index (χ4n) is 3.02. The van der Waals surface area contributed by atoms with Crippen molar-refractivity contribution < 1.29 is 4.74 Å². The molecule has 0 atom stereocenters. The van der Waals surface area contributed by atoms with Crippen LogP contribution in [0.2, 0.25) is 5.02 Å². The summed E-state index contributed by atoms with van der Waals surface area (Å²) in [7, 11) is 1.73. The fourth-order valence-corrected chi connectivity index (χ4v) is 3.33. The Balaban J connectivity index is 2.03. The van der Waals surface area contributed by atoms with Gasteiger partial charge in [0.15, 0.2) is 0 Å². The van der Waals surface area contributed by atoms with Gasteiger partial charge in [0.05, 0.1) is 17.3 Å². The van der Waals surface area contributed by atoms with Gasteiger partial charge in [0.25, 0.3) is 0 Å². The Hall–Kier alpha value is -0.770. The highest BCUT2D eigenvalue weighted by Crippen LogP contribution is 2.33. The van der Waals surface area contributed by atoms with E-state index < -0.39 is 0 Å². The van der Waals surface area contributed by atoms with Crippen molar-refractivity contribution in [1.29, 1.82) is 0 Å². The molecule has 0 unspecified atom stereocenters. The third kappa shape index (κ3) is 4.60. The van der Waals surface area contributed by atoms with Crippen molar-refractivity contribution in [1.82, 2.24) is 5.32 Å². The molecule has 0 saturated carbocycles. The maximum Gasteiger partial charge on any atom is 0.0642 e. The predicted molar refractivity (Wildman–Crippen MR) is 90.3 cm³/mol. The van der Waals surface area contributed by atoms with Crippen LogP contribution in [0.15, 0.2) is 18.2 Å². The van der Waals surface area contributed by atoms with E-state index in [1.165, 1.54) is 30.5 Å². The number of piperidine rings is 1. The molecule has 0 radical (unpaired) electrons.